The van der Waals surface area contributed by atoms with Crippen LogP contribution in [0.25, 0.3) is 17.0 Å². The van der Waals surface area contributed by atoms with Crippen LogP contribution in [0.5, 0.6) is 11.5 Å². The quantitative estimate of drug-likeness (QED) is 0.716. The fraction of sp³-hybridized carbons (Fsp3) is 0.143. The summed E-state index contributed by atoms with van der Waals surface area (Å²) in [7, 11) is 0. The number of ether oxygens (including phenoxy) is 2. The molecule has 27 heavy (non-hydrogen) atoms. The third-order valence-corrected chi connectivity index (χ3v) is 4.60. The first kappa shape index (κ1) is 16.9. The highest BCUT2D eigenvalue weighted by Gasteiger charge is 2.23. The van der Waals surface area contributed by atoms with Crippen molar-refractivity contribution < 1.29 is 24.2 Å². The van der Waals surface area contributed by atoms with E-state index in [4.69, 9.17) is 9.47 Å². The first-order valence-electron chi connectivity index (χ1n) is 8.47. The number of benzene rings is 2. The topological polar surface area (TPSA) is 77.8 Å². The number of allylic oxidation sites excluding steroid dienone is 1. The number of aromatic nitrogens is 1. The van der Waals surface area contributed by atoms with Crippen LogP contribution in [0.15, 0.2) is 48.5 Å². The summed E-state index contributed by atoms with van der Waals surface area (Å²) in [5.41, 5.74) is 2.70. The lowest BCUT2D eigenvalue weighted by atomic mass is 10.1. The third kappa shape index (κ3) is 3.06. The zero-order chi connectivity index (χ0) is 19.0. The van der Waals surface area contributed by atoms with Gasteiger partial charge in [0.1, 0.15) is 0 Å². The van der Waals surface area contributed by atoms with Gasteiger partial charge in [0, 0.05) is 23.2 Å². The van der Waals surface area contributed by atoms with Crippen LogP contribution in [0.3, 0.4) is 0 Å². The van der Waals surface area contributed by atoms with Crippen LogP contribution in [0.2, 0.25) is 0 Å². The zero-order valence-corrected chi connectivity index (χ0v) is 14.6. The molecule has 0 atom stereocenters. The Morgan fingerprint density at radius 3 is 2.56 bits per heavy atom. The van der Waals surface area contributed by atoms with Crippen LogP contribution in [0.4, 0.5) is 0 Å². The molecule has 2 aromatic carbocycles. The van der Waals surface area contributed by atoms with Crippen LogP contribution in [-0.2, 0) is 11.2 Å². The van der Waals surface area contributed by atoms with Gasteiger partial charge in [-0.25, -0.2) is 0 Å². The molecule has 4 rings (SSSR count). The summed E-state index contributed by atoms with van der Waals surface area (Å²) in [5, 5.41) is 9.96. The average Bonchev–Trinajstić information content (AvgIpc) is 3.21. The van der Waals surface area contributed by atoms with Crippen LogP contribution < -0.4 is 9.47 Å². The Balaban J connectivity index is 1.84. The first-order valence-corrected chi connectivity index (χ1v) is 8.47. The molecular formula is C21H17NO5. The van der Waals surface area contributed by atoms with E-state index < -0.39 is 5.97 Å². The van der Waals surface area contributed by atoms with E-state index in [1.807, 2.05) is 30.3 Å². The highest BCUT2D eigenvalue weighted by atomic mass is 16.7. The largest absolute Gasteiger partial charge is 0.481 e. The molecule has 3 aromatic rings. The highest BCUT2D eigenvalue weighted by molar-refractivity contribution is 6.04. The maximum atomic E-state index is 12.9. The lowest BCUT2D eigenvalue weighted by molar-refractivity contribution is -0.136. The van der Waals surface area contributed by atoms with Gasteiger partial charge in [0.15, 0.2) is 11.5 Å². The van der Waals surface area contributed by atoms with Crippen molar-refractivity contribution in [1.82, 2.24) is 4.57 Å². The summed E-state index contributed by atoms with van der Waals surface area (Å²) in [6.07, 6.45) is 3.04. The summed E-state index contributed by atoms with van der Waals surface area (Å²) in [4.78, 5) is 24.2. The number of aliphatic carboxylic acids is 1. The summed E-state index contributed by atoms with van der Waals surface area (Å²) in [5.74, 6) is -0.111. The molecule has 6 nitrogen and oxygen atoms in total. The van der Waals surface area contributed by atoms with Gasteiger partial charge < -0.3 is 14.6 Å². The molecule has 1 aliphatic heterocycles. The van der Waals surface area contributed by atoms with Crippen molar-refractivity contribution in [2.45, 2.75) is 13.3 Å². The van der Waals surface area contributed by atoms with E-state index in [-0.39, 0.29) is 19.1 Å². The second-order valence-electron chi connectivity index (χ2n) is 6.27. The van der Waals surface area contributed by atoms with Gasteiger partial charge in [0.05, 0.1) is 11.9 Å². The molecule has 0 amide bonds. The average molecular weight is 363 g/mol. The van der Waals surface area contributed by atoms with Gasteiger partial charge in [-0.1, -0.05) is 30.3 Å². The van der Waals surface area contributed by atoms with E-state index >= 15 is 0 Å². The van der Waals surface area contributed by atoms with Crippen LogP contribution in [0, 0.1) is 6.92 Å². The van der Waals surface area contributed by atoms with E-state index in [1.165, 1.54) is 10.6 Å². The van der Waals surface area contributed by atoms with Crippen molar-refractivity contribution in [3.63, 3.8) is 0 Å². The molecule has 0 saturated heterocycles. The Labute approximate surface area is 155 Å². The van der Waals surface area contributed by atoms with Gasteiger partial charge in [-0.05, 0) is 30.2 Å². The van der Waals surface area contributed by atoms with E-state index in [0.29, 0.717) is 33.7 Å². The third-order valence-electron chi connectivity index (χ3n) is 4.60. The fourth-order valence-corrected chi connectivity index (χ4v) is 3.33. The number of nitrogens with zero attached hydrogens (tertiary/aromatic N) is 1. The van der Waals surface area contributed by atoms with Crippen LogP contribution >= 0.6 is 0 Å². The Kier molecular flexibility index (Phi) is 4.16. The first-order chi connectivity index (χ1) is 13.0. The summed E-state index contributed by atoms with van der Waals surface area (Å²) < 4.78 is 12.3. The molecule has 0 spiro atoms. The summed E-state index contributed by atoms with van der Waals surface area (Å²) in [6.45, 7) is 1.86. The molecular weight excluding hydrogens is 346 g/mol. The lowest BCUT2D eigenvalue weighted by Crippen LogP contribution is -2.10. The Hall–Kier alpha value is -3.54. The normalized spacial score (nSPS) is 12.8. The molecule has 0 radical (unpaired) electrons. The molecule has 1 N–H and O–H groups in total. The van der Waals surface area contributed by atoms with Crippen molar-refractivity contribution in [1.29, 1.82) is 0 Å². The molecule has 0 saturated carbocycles. The maximum absolute atomic E-state index is 12.9. The van der Waals surface area contributed by atoms with Gasteiger partial charge in [-0.2, -0.15) is 0 Å². The number of carbonyl (C=O) groups is 2. The molecule has 1 aliphatic rings. The monoisotopic (exact) mass is 363 g/mol. The van der Waals surface area contributed by atoms with Crippen LogP contribution in [0.1, 0.15) is 21.6 Å². The van der Waals surface area contributed by atoms with Gasteiger partial charge in [-0.3, -0.25) is 14.2 Å². The second kappa shape index (κ2) is 6.64. The Bertz CT molecular complexity index is 1080. The molecule has 0 bridgehead atoms. The van der Waals surface area contributed by atoms with Crippen molar-refractivity contribution in [3.05, 3.63) is 65.4 Å². The molecule has 2 heterocycles. The molecule has 1 aromatic heterocycles. The number of carboxylic acid groups (broad SMARTS) is 1. The Morgan fingerprint density at radius 2 is 1.85 bits per heavy atom. The second-order valence-corrected chi connectivity index (χ2v) is 6.27. The molecule has 6 heteroatoms. The van der Waals surface area contributed by atoms with E-state index in [0.717, 1.165) is 5.56 Å². The minimum absolute atomic E-state index is 0.108. The number of rotatable bonds is 4. The number of hydrogen-bond donors (Lipinski definition) is 1. The molecule has 136 valence electrons. The van der Waals surface area contributed by atoms with Gasteiger partial charge >= 0.3 is 5.97 Å². The number of carboxylic acids is 1. The predicted molar refractivity (Wildman–Crippen MR) is 100 cm³/mol. The van der Waals surface area contributed by atoms with E-state index in [9.17, 15) is 14.7 Å². The van der Waals surface area contributed by atoms with Crippen molar-refractivity contribution in [2.24, 2.45) is 0 Å². The summed E-state index contributed by atoms with van der Waals surface area (Å²) in [6, 6.07) is 13.0. The summed E-state index contributed by atoms with van der Waals surface area (Å²) >= 11 is 0. The van der Waals surface area contributed by atoms with Crippen molar-refractivity contribution >= 4 is 28.9 Å². The van der Waals surface area contributed by atoms with E-state index in [1.54, 1.807) is 25.1 Å². The number of fused-ring (bicyclic) bond motifs is 2. The zero-order valence-electron chi connectivity index (χ0n) is 14.6. The van der Waals surface area contributed by atoms with E-state index in [2.05, 4.69) is 0 Å². The minimum atomic E-state index is -0.956. The standard InChI is InChI=1S/C21H17NO5/c1-13-15(10-21(24)25)16-9-18-19(27-12-26-18)11-17(16)22(13)20(23)8-7-14-5-3-2-4-6-14/h2-9,11H,10,12H2,1H3,(H,24,25)/b8-7-. The number of hydrogen-bond acceptors (Lipinski definition) is 4. The SMILES string of the molecule is Cc1c(CC(=O)O)c2cc3c(cc2n1C(=O)/C=C\c1ccccc1)OCO3. The number of carbonyl (C=O) groups excluding carboxylic acids is 1. The molecule has 0 aliphatic carbocycles. The van der Waals surface area contributed by atoms with Crippen LogP contribution in [-0.4, -0.2) is 28.3 Å². The maximum Gasteiger partial charge on any atom is 0.307 e. The fourth-order valence-electron chi connectivity index (χ4n) is 3.33. The smallest absolute Gasteiger partial charge is 0.307 e. The minimum Gasteiger partial charge on any atom is -0.481 e. The highest BCUT2D eigenvalue weighted by Crippen LogP contribution is 2.39. The van der Waals surface area contributed by atoms with Gasteiger partial charge in [0.2, 0.25) is 6.79 Å². The van der Waals surface area contributed by atoms with Gasteiger partial charge in [0.25, 0.3) is 5.91 Å². The van der Waals surface area contributed by atoms with Gasteiger partial charge in [-0.15, -0.1) is 0 Å². The van der Waals surface area contributed by atoms with Crippen molar-refractivity contribution in [2.75, 3.05) is 6.79 Å². The molecule has 0 unspecified atom stereocenters. The van der Waals surface area contributed by atoms with Crippen molar-refractivity contribution in [3.8, 4) is 11.5 Å². The lowest BCUT2D eigenvalue weighted by Gasteiger charge is -2.04. The predicted octanol–water partition coefficient (Wildman–Crippen LogP) is 3.66. The Morgan fingerprint density at radius 1 is 1.15 bits per heavy atom. The molecule has 0 fully saturated rings.